The number of hydrogen-bond acceptors (Lipinski definition) is 3. The Morgan fingerprint density at radius 1 is 1.32 bits per heavy atom. The molecule has 1 atom stereocenters. The lowest BCUT2D eigenvalue weighted by molar-refractivity contribution is 0.0888. The van der Waals surface area contributed by atoms with Crippen molar-refractivity contribution in [1.29, 1.82) is 0 Å². The van der Waals surface area contributed by atoms with E-state index in [-0.39, 0.29) is 0 Å². The van der Waals surface area contributed by atoms with Crippen molar-refractivity contribution in [2.45, 2.75) is 19.4 Å². The molecule has 1 aliphatic heterocycles. The number of nitrogens with zero attached hydrogens (tertiary/aromatic N) is 2. The topological polar surface area (TPSA) is 59.8 Å². The number of aromatic nitrogens is 1. The molecule has 6 nitrogen and oxygen atoms in total. The molecule has 0 radical (unpaired) electrons. The summed E-state index contributed by atoms with van der Waals surface area (Å²) in [6.45, 7) is 6.00. The molecular weight excluding hydrogens is 280 g/mol. The van der Waals surface area contributed by atoms with Gasteiger partial charge in [0.25, 0.3) is 0 Å². The van der Waals surface area contributed by atoms with Crippen molar-refractivity contribution in [3.05, 3.63) is 24.5 Å². The molecule has 0 amide bonds. The zero-order chi connectivity index (χ0) is 15.5. The van der Waals surface area contributed by atoms with Crippen molar-refractivity contribution in [1.82, 2.24) is 15.2 Å². The van der Waals surface area contributed by atoms with E-state index in [1.165, 1.54) is 0 Å². The Morgan fingerprint density at radius 3 is 2.86 bits per heavy atom. The van der Waals surface area contributed by atoms with E-state index in [1.807, 2.05) is 12.1 Å². The standard InChI is InChI=1S/C16H28N4O2/c1-17-16(19-7-10-20-8-2-3-9-20)18-6-4-11-21-13-15-5-12-22-14-15/h2-3,8-9,15H,4-7,10-14H2,1H3,(H2,17,18,19). The van der Waals surface area contributed by atoms with Gasteiger partial charge >= 0.3 is 0 Å². The third-order valence-electron chi connectivity index (χ3n) is 3.69. The molecule has 2 heterocycles. The zero-order valence-electron chi connectivity index (χ0n) is 13.5. The van der Waals surface area contributed by atoms with Crippen LogP contribution in [0.5, 0.6) is 0 Å². The summed E-state index contributed by atoms with van der Waals surface area (Å²) in [6, 6.07) is 4.07. The fraction of sp³-hybridized carbons (Fsp3) is 0.688. The molecule has 124 valence electrons. The van der Waals surface area contributed by atoms with Gasteiger partial charge in [0.15, 0.2) is 5.96 Å². The van der Waals surface area contributed by atoms with Crippen LogP contribution in [0.4, 0.5) is 0 Å². The number of guanidine groups is 1. The first-order valence-corrected chi connectivity index (χ1v) is 8.09. The predicted molar refractivity (Wildman–Crippen MR) is 88.2 cm³/mol. The summed E-state index contributed by atoms with van der Waals surface area (Å²) in [5.74, 6) is 1.44. The summed E-state index contributed by atoms with van der Waals surface area (Å²) in [7, 11) is 1.79. The zero-order valence-corrected chi connectivity index (χ0v) is 13.5. The Morgan fingerprint density at radius 2 is 2.14 bits per heavy atom. The molecule has 6 heteroatoms. The molecule has 1 aromatic rings. The molecule has 1 unspecified atom stereocenters. The van der Waals surface area contributed by atoms with Crippen LogP contribution in [-0.4, -0.2) is 57.1 Å². The van der Waals surface area contributed by atoms with Crippen molar-refractivity contribution in [3.8, 4) is 0 Å². The molecule has 22 heavy (non-hydrogen) atoms. The predicted octanol–water partition coefficient (Wildman–Crippen LogP) is 1.10. The van der Waals surface area contributed by atoms with Crippen molar-refractivity contribution in [2.24, 2.45) is 10.9 Å². The van der Waals surface area contributed by atoms with Crippen LogP contribution in [0.1, 0.15) is 12.8 Å². The van der Waals surface area contributed by atoms with Crippen molar-refractivity contribution in [3.63, 3.8) is 0 Å². The fourth-order valence-electron chi connectivity index (χ4n) is 2.39. The van der Waals surface area contributed by atoms with Crippen LogP contribution in [0, 0.1) is 5.92 Å². The van der Waals surface area contributed by atoms with Gasteiger partial charge in [0.05, 0.1) is 13.2 Å². The van der Waals surface area contributed by atoms with Crippen molar-refractivity contribution in [2.75, 3.05) is 46.6 Å². The molecule has 1 aromatic heterocycles. The molecule has 2 rings (SSSR count). The van der Waals surface area contributed by atoms with E-state index in [2.05, 4.69) is 32.6 Å². The number of ether oxygens (including phenoxy) is 2. The molecule has 2 N–H and O–H groups in total. The minimum Gasteiger partial charge on any atom is -0.381 e. The Bertz CT molecular complexity index is 414. The molecule has 0 aromatic carbocycles. The highest BCUT2D eigenvalue weighted by molar-refractivity contribution is 5.79. The normalized spacial score (nSPS) is 18.6. The summed E-state index contributed by atoms with van der Waals surface area (Å²) >= 11 is 0. The lowest BCUT2D eigenvalue weighted by Gasteiger charge is -2.13. The van der Waals surface area contributed by atoms with Crippen LogP contribution >= 0.6 is 0 Å². The van der Waals surface area contributed by atoms with Crippen LogP contribution in [-0.2, 0) is 16.0 Å². The van der Waals surface area contributed by atoms with E-state index in [0.29, 0.717) is 5.92 Å². The Kier molecular flexibility index (Phi) is 7.83. The van der Waals surface area contributed by atoms with Gasteiger partial charge < -0.3 is 24.7 Å². The number of rotatable bonds is 9. The summed E-state index contributed by atoms with van der Waals surface area (Å²) < 4.78 is 13.1. The van der Waals surface area contributed by atoms with Crippen molar-refractivity contribution >= 4 is 5.96 Å². The van der Waals surface area contributed by atoms with E-state index in [4.69, 9.17) is 9.47 Å². The van der Waals surface area contributed by atoms with Gasteiger partial charge in [-0.2, -0.15) is 0 Å². The molecule has 1 aliphatic rings. The summed E-state index contributed by atoms with van der Waals surface area (Å²) in [5, 5.41) is 6.61. The van der Waals surface area contributed by atoms with Crippen LogP contribution in [0.3, 0.4) is 0 Å². The minimum atomic E-state index is 0.594. The maximum absolute atomic E-state index is 5.68. The fourth-order valence-corrected chi connectivity index (χ4v) is 2.39. The molecule has 1 fully saturated rings. The Hall–Kier alpha value is -1.53. The maximum atomic E-state index is 5.68. The van der Waals surface area contributed by atoms with Gasteiger partial charge in [0.2, 0.25) is 0 Å². The number of hydrogen-bond donors (Lipinski definition) is 2. The van der Waals surface area contributed by atoms with E-state index < -0.39 is 0 Å². The van der Waals surface area contributed by atoms with E-state index in [0.717, 1.165) is 64.9 Å². The molecular formula is C16H28N4O2. The minimum absolute atomic E-state index is 0.594. The number of nitrogens with one attached hydrogen (secondary N) is 2. The average molecular weight is 308 g/mol. The highest BCUT2D eigenvalue weighted by Crippen LogP contribution is 2.12. The van der Waals surface area contributed by atoms with Gasteiger partial charge in [0, 0.05) is 58.2 Å². The lowest BCUT2D eigenvalue weighted by atomic mass is 10.1. The third-order valence-corrected chi connectivity index (χ3v) is 3.69. The van der Waals surface area contributed by atoms with E-state index in [9.17, 15) is 0 Å². The van der Waals surface area contributed by atoms with E-state index in [1.54, 1.807) is 7.05 Å². The number of aliphatic imine (C=N–C) groups is 1. The molecule has 1 saturated heterocycles. The molecule has 0 spiro atoms. The summed E-state index contributed by atoms with van der Waals surface area (Å²) in [5.41, 5.74) is 0. The highest BCUT2D eigenvalue weighted by Gasteiger charge is 2.15. The van der Waals surface area contributed by atoms with Crippen molar-refractivity contribution < 1.29 is 9.47 Å². The Balaban J connectivity index is 1.45. The lowest BCUT2D eigenvalue weighted by Crippen LogP contribution is -2.39. The molecule has 0 saturated carbocycles. The monoisotopic (exact) mass is 308 g/mol. The SMILES string of the molecule is CN=C(NCCCOCC1CCOC1)NCCn1cccc1. The second kappa shape index (κ2) is 10.2. The first-order valence-electron chi connectivity index (χ1n) is 8.09. The van der Waals surface area contributed by atoms with Gasteiger partial charge in [0.1, 0.15) is 0 Å². The van der Waals surface area contributed by atoms with Gasteiger partial charge in [-0.25, -0.2) is 0 Å². The van der Waals surface area contributed by atoms with Crippen LogP contribution in [0.25, 0.3) is 0 Å². The first-order chi connectivity index (χ1) is 10.9. The molecule has 0 bridgehead atoms. The van der Waals surface area contributed by atoms with Gasteiger partial charge in [-0.1, -0.05) is 0 Å². The second-order valence-corrected chi connectivity index (χ2v) is 5.50. The van der Waals surface area contributed by atoms with Gasteiger partial charge in [-0.3, -0.25) is 4.99 Å². The summed E-state index contributed by atoms with van der Waals surface area (Å²) in [6.07, 6.45) is 6.23. The smallest absolute Gasteiger partial charge is 0.191 e. The van der Waals surface area contributed by atoms with Crippen LogP contribution in [0.15, 0.2) is 29.5 Å². The quantitative estimate of drug-likeness (QED) is 0.407. The van der Waals surface area contributed by atoms with Gasteiger partial charge in [-0.15, -0.1) is 0 Å². The average Bonchev–Trinajstić information content (AvgIpc) is 3.22. The maximum Gasteiger partial charge on any atom is 0.191 e. The molecule has 0 aliphatic carbocycles. The summed E-state index contributed by atoms with van der Waals surface area (Å²) in [4.78, 5) is 4.22. The highest BCUT2D eigenvalue weighted by atomic mass is 16.5. The van der Waals surface area contributed by atoms with Gasteiger partial charge in [-0.05, 0) is 25.0 Å². The van der Waals surface area contributed by atoms with Crippen LogP contribution in [0.2, 0.25) is 0 Å². The van der Waals surface area contributed by atoms with Crippen LogP contribution < -0.4 is 10.6 Å². The largest absolute Gasteiger partial charge is 0.381 e. The third kappa shape index (κ3) is 6.49. The first kappa shape index (κ1) is 16.8. The second-order valence-electron chi connectivity index (χ2n) is 5.50. The van der Waals surface area contributed by atoms with E-state index >= 15 is 0 Å². The Labute approximate surface area is 132 Å².